The summed E-state index contributed by atoms with van der Waals surface area (Å²) in [5.74, 6) is 2.93. The van der Waals surface area contributed by atoms with E-state index >= 15 is 0 Å². The summed E-state index contributed by atoms with van der Waals surface area (Å²) in [5.41, 5.74) is 0. The first kappa shape index (κ1) is 12.4. The van der Waals surface area contributed by atoms with E-state index in [1.165, 1.54) is 57.9 Å². The molecule has 0 heterocycles. The lowest BCUT2D eigenvalue weighted by Crippen LogP contribution is -2.40. The van der Waals surface area contributed by atoms with Crippen molar-refractivity contribution in [2.75, 3.05) is 6.54 Å². The third-order valence-electron chi connectivity index (χ3n) is 4.91. The van der Waals surface area contributed by atoms with Crippen LogP contribution in [0.4, 0.5) is 0 Å². The summed E-state index contributed by atoms with van der Waals surface area (Å²) < 4.78 is 0. The highest BCUT2D eigenvalue weighted by Crippen LogP contribution is 2.31. The van der Waals surface area contributed by atoms with Crippen molar-refractivity contribution in [1.29, 1.82) is 0 Å². The molecule has 16 heavy (non-hydrogen) atoms. The SMILES string of the molecule is CCC1CCCCC1NCC1CCC(C)C1. The number of rotatable bonds is 4. The van der Waals surface area contributed by atoms with E-state index in [0.29, 0.717) is 0 Å². The van der Waals surface area contributed by atoms with Gasteiger partial charge < -0.3 is 5.32 Å². The molecule has 0 aromatic rings. The van der Waals surface area contributed by atoms with E-state index in [-0.39, 0.29) is 0 Å². The van der Waals surface area contributed by atoms with Gasteiger partial charge in [0.2, 0.25) is 0 Å². The van der Waals surface area contributed by atoms with Gasteiger partial charge in [0, 0.05) is 6.04 Å². The Morgan fingerprint density at radius 2 is 1.88 bits per heavy atom. The predicted octanol–water partition coefficient (Wildman–Crippen LogP) is 3.98. The van der Waals surface area contributed by atoms with Gasteiger partial charge in [-0.15, -0.1) is 0 Å². The van der Waals surface area contributed by atoms with Crippen molar-refractivity contribution in [2.24, 2.45) is 17.8 Å². The minimum atomic E-state index is 0.842. The van der Waals surface area contributed by atoms with Gasteiger partial charge in [0.1, 0.15) is 0 Å². The first-order valence-electron chi connectivity index (χ1n) is 7.53. The first-order chi connectivity index (χ1) is 7.79. The van der Waals surface area contributed by atoms with Gasteiger partial charge in [0.25, 0.3) is 0 Å². The maximum absolute atomic E-state index is 3.89. The number of hydrogen-bond donors (Lipinski definition) is 1. The molecule has 0 aromatic heterocycles. The zero-order valence-corrected chi connectivity index (χ0v) is 11.2. The fourth-order valence-corrected chi connectivity index (χ4v) is 3.79. The lowest BCUT2D eigenvalue weighted by molar-refractivity contribution is 0.245. The Hall–Kier alpha value is -0.0400. The van der Waals surface area contributed by atoms with Crippen LogP contribution in [0.25, 0.3) is 0 Å². The van der Waals surface area contributed by atoms with Crippen molar-refractivity contribution >= 4 is 0 Å². The highest BCUT2D eigenvalue weighted by atomic mass is 14.9. The van der Waals surface area contributed by atoms with E-state index in [9.17, 15) is 0 Å². The topological polar surface area (TPSA) is 12.0 Å². The molecule has 0 aliphatic heterocycles. The van der Waals surface area contributed by atoms with Crippen LogP contribution in [0, 0.1) is 17.8 Å². The maximum Gasteiger partial charge on any atom is 0.00953 e. The monoisotopic (exact) mass is 223 g/mol. The van der Waals surface area contributed by atoms with Crippen LogP contribution >= 0.6 is 0 Å². The summed E-state index contributed by atoms with van der Waals surface area (Å²) in [6.45, 7) is 6.07. The molecule has 1 heteroatoms. The zero-order valence-electron chi connectivity index (χ0n) is 11.2. The Kier molecular flexibility index (Phi) is 4.69. The van der Waals surface area contributed by atoms with Crippen molar-refractivity contribution in [3.8, 4) is 0 Å². The van der Waals surface area contributed by atoms with Crippen LogP contribution in [0.2, 0.25) is 0 Å². The molecule has 0 radical (unpaired) electrons. The van der Waals surface area contributed by atoms with Crippen molar-refractivity contribution in [2.45, 2.75) is 71.3 Å². The van der Waals surface area contributed by atoms with Crippen LogP contribution in [-0.2, 0) is 0 Å². The third-order valence-corrected chi connectivity index (χ3v) is 4.91. The average molecular weight is 223 g/mol. The van der Waals surface area contributed by atoms with Gasteiger partial charge in [-0.05, 0) is 50.0 Å². The Labute approximate surface area is 101 Å². The molecule has 0 amide bonds. The smallest absolute Gasteiger partial charge is 0.00953 e. The first-order valence-corrected chi connectivity index (χ1v) is 7.53. The van der Waals surface area contributed by atoms with Gasteiger partial charge in [-0.25, -0.2) is 0 Å². The fourth-order valence-electron chi connectivity index (χ4n) is 3.79. The molecule has 0 aromatic carbocycles. The van der Waals surface area contributed by atoms with Crippen molar-refractivity contribution < 1.29 is 0 Å². The molecule has 94 valence electrons. The molecular weight excluding hydrogens is 194 g/mol. The van der Waals surface area contributed by atoms with E-state index in [1.54, 1.807) is 0 Å². The minimum Gasteiger partial charge on any atom is -0.313 e. The molecule has 4 atom stereocenters. The molecule has 0 spiro atoms. The number of hydrogen-bond acceptors (Lipinski definition) is 1. The molecule has 0 saturated heterocycles. The van der Waals surface area contributed by atoms with E-state index < -0.39 is 0 Å². The Morgan fingerprint density at radius 1 is 1.06 bits per heavy atom. The van der Waals surface area contributed by atoms with Gasteiger partial charge in [-0.3, -0.25) is 0 Å². The van der Waals surface area contributed by atoms with Crippen molar-refractivity contribution in [3.05, 3.63) is 0 Å². The van der Waals surface area contributed by atoms with E-state index in [2.05, 4.69) is 19.2 Å². The number of nitrogens with one attached hydrogen (secondary N) is 1. The summed E-state index contributed by atoms with van der Waals surface area (Å²) in [5, 5.41) is 3.89. The Balaban J connectivity index is 1.71. The van der Waals surface area contributed by atoms with Crippen LogP contribution in [0.3, 0.4) is 0 Å². The van der Waals surface area contributed by atoms with Gasteiger partial charge in [0.05, 0.1) is 0 Å². The Bertz CT molecular complexity index is 202. The summed E-state index contributed by atoms with van der Waals surface area (Å²) in [4.78, 5) is 0. The summed E-state index contributed by atoms with van der Waals surface area (Å²) in [6, 6.07) is 0.842. The molecule has 2 saturated carbocycles. The molecular formula is C15H29N. The molecule has 4 unspecified atom stereocenters. The molecule has 2 aliphatic rings. The zero-order chi connectivity index (χ0) is 11.4. The van der Waals surface area contributed by atoms with Gasteiger partial charge in [-0.1, -0.05) is 39.5 Å². The van der Waals surface area contributed by atoms with Crippen LogP contribution < -0.4 is 5.32 Å². The second-order valence-electron chi connectivity index (χ2n) is 6.25. The van der Waals surface area contributed by atoms with Crippen LogP contribution in [-0.4, -0.2) is 12.6 Å². The van der Waals surface area contributed by atoms with Crippen LogP contribution in [0.1, 0.15) is 65.2 Å². The summed E-state index contributed by atoms with van der Waals surface area (Å²) >= 11 is 0. The normalized spacial score (nSPS) is 40.1. The summed E-state index contributed by atoms with van der Waals surface area (Å²) in [7, 11) is 0. The predicted molar refractivity (Wildman–Crippen MR) is 70.5 cm³/mol. The van der Waals surface area contributed by atoms with Crippen molar-refractivity contribution in [1.82, 2.24) is 5.32 Å². The Morgan fingerprint density at radius 3 is 2.56 bits per heavy atom. The quantitative estimate of drug-likeness (QED) is 0.760. The van der Waals surface area contributed by atoms with E-state index in [1.807, 2.05) is 0 Å². The molecule has 2 aliphatic carbocycles. The second-order valence-corrected chi connectivity index (χ2v) is 6.25. The van der Waals surface area contributed by atoms with Gasteiger partial charge in [0.15, 0.2) is 0 Å². The molecule has 1 nitrogen and oxygen atoms in total. The molecule has 1 N–H and O–H groups in total. The van der Waals surface area contributed by atoms with E-state index in [4.69, 9.17) is 0 Å². The second kappa shape index (κ2) is 6.05. The highest BCUT2D eigenvalue weighted by molar-refractivity contribution is 4.82. The van der Waals surface area contributed by atoms with Crippen molar-refractivity contribution in [3.63, 3.8) is 0 Å². The molecule has 2 fully saturated rings. The lowest BCUT2D eigenvalue weighted by atomic mass is 9.82. The van der Waals surface area contributed by atoms with Gasteiger partial charge >= 0.3 is 0 Å². The van der Waals surface area contributed by atoms with Gasteiger partial charge in [-0.2, -0.15) is 0 Å². The maximum atomic E-state index is 3.89. The highest BCUT2D eigenvalue weighted by Gasteiger charge is 2.26. The summed E-state index contributed by atoms with van der Waals surface area (Å²) in [6.07, 6.45) is 11.6. The largest absolute Gasteiger partial charge is 0.313 e. The average Bonchev–Trinajstić information content (AvgIpc) is 2.73. The fraction of sp³-hybridized carbons (Fsp3) is 1.00. The minimum absolute atomic E-state index is 0.842. The lowest BCUT2D eigenvalue weighted by Gasteiger charge is -2.32. The standard InChI is InChI=1S/C15H29N/c1-3-14-6-4-5-7-15(14)16-11-13-9-8-12(2)10-13/h12-16H,3-11H2,1-2H3. The van der Waals surface area contributed by atoms with E-state index in [0.717, 1.165) is 23.8 Å². The molecule has 2 rings (SSSR count). The van der Waals surface area contributed by atoms with Crippen LogP contribution in [0.5, 0.6) is 0 Å². The van der Waals surface area contributed by atoms with Crippen LogP contribution in [0.15, 0.2) is 0 Å². The third kappa shape index (κ3) is 3.23. The molecule has 0 bridgehead atoms.